The van der Waals surface area contributed by atoms with E-state index in [1.165, 1.54) is 28.9 Å². The zero-order valence-electron chi connectivity index (χ0n) is 11.0. The number of pyridine rings is 1. The predicted octanol–water partition coefficient (Wildman–Crippen LogP) is 1.48. The van der Waals surface area contributed by atoms with Crippen LogP contribution in [0.15, 0.2) is 18.3 Å². The lowest BCUT2D eigenvalue weighted by Crippen LogP contribution is -2.32. The number of amides is 2. The van der Waals surface area contributed by atoms with Crippen LogP contribution in [0, 0.1) is 5.95 Å². The van der Waals surface area contributed by atoms with E-state index in [9.17, 15) is 14.0 Å². The Kier molecular flexibility index (Phi) is 4.94. The van der Waals surface area contributed by atoms with Crippen molar-refractivity contribution in [1.82, 2.24) is 9.88 Å². The lowest BCUT2D eigenvalue weighted by Gasteiger charge is -2.14. The van der Waals surface area contributed by atoms with E-state index >= 15 is 0 Å². The number of rotatable bonds is 6. The first-order valence-electron chi connectivity index (χ1n) is 6.24. The van der Waals surface area contributed by atoms with Gasteiger partial charge in [0.25, 0.3) is 5.95 Å². The van der Waals surface area contributed by atoms with Crippen LogP contribution in [0.2, 0.25) is 0 Å². The van der Waals surface area contributed by atoms with Crippen molar-refractivity contribution in [2.75, 3.05) is 19.4 Å². The molecule has 108 valence electrons. The number of hydrogen-bond acceptors (Lipinski definition) is 5. The third-order valence-corrected chi connectivity index (χ3v) is 3.93. The minimum absolute atomic E-state index is 0.0774. The first kappa shape index (κ1) is 14.8. The first-order valence-corrected chi connectivity index (χ1v) is 7.52. The summed E-state index contributed by atoms with van der Waals surface area (Å²) in [5.74, 6) is -0.881. The summed E-state index contributed by atoms with van der Waals surface area (Å²) in [6.45, 7) is 0.528. The number of likely N-dealkylation sites (tertiary alicyclic amines) is 1. The Morgan fingerprint density at radius 1 is 1.55 bits per heavy atom. The molecule has 0 bridgehead atoms. The van der Waals surface area contributed by atoms with Crippen molar-refractivity contribution in [2.24, 2.45) is 0 Å². The molecular formula is C13H15FN2O3S. The third kappa shape index (κ3) is 3.27. The molecule has 0 radical (unpaired) electrons. The highest BCUT2D eigenvalue weighted by Gasteiger charge is 2.37. The molecule has 1 fully saturated rings. The average Bonchev–Trinajstić information content (AvgIpc) is 2.72. The fourth-order valence-corrected chi connectivity index (χ4v) is 2.59. The summed E-state index contributed by atoms with van der Waals surface area (Å²) in [5.41, 5.74) is 0. The van der Waals surface area contributed by atoms with Crippen LogP contribution < -0.4 is 4.74 Å². The van der Waals surface area contributed by atoms with Gasteiger partial charge in [0.05, 0.1) is 11.9 Å². The summed E-state index contributed by atoms with van der Waals surface area (Å²) in [6, 6.07) is 3.06. The molecule has 2 heterocycles. The van der Waals surface area contributed by atoms with Crippen LogP contribution in [-0.2, 0) is 9.59 Å². The standard InChI is InChI=1S/C13H15FN2O3S/c1-20-10-8-11(17)16(13(10)18)6-3-7-19-9-4-2-5-15-12(9)14/h2,4-5,10H,3,6-8H2,1H3/i14-1. The molecule has 1 aliphatic rings. The normalized spacial score (nSPS) is 18.7. The smallest absolute Gasteiger partial charge is 0.255 e. The molecule has 0 saturated carbocycles. The summed E-state index contributed by atoms with van der Waals surface area (Å²) in [7, 11) is 0. The highest BCUT2D eigenvalue weighted by molar-refractivity contribution is 8.00. The Hall–Kier alpha value is -1.63. The summed E-state index contributed by atoms with van der Waals surface area (Å²) in [6.07, 6.45) is 3.88. The Morgan fingerprint density at radius 3 is 3.00 bits per heavy atom. The van der Waals surface area contributed by atoms with Gasteiger partial charge in [-0.25, -0.2) is 4.98 Å². The predicted molar refractivity (Wildman–Crippen MR) is 72.9 cm³/mol. The maximum Gasteiger partial charge on any atom is 0.255 e. The second-order valence-corrected chi connectivity index (χ2v) is 5.35. The van der Waals surface area contributed by atoms with Gasteiger partial charge < -0.3 is 4.74 Å². The molecule has 1 saturated heterocycles. The van der Waals surface area contributed by atoms with E-state index in [1.807, 2.05) is 6.26 Å². The Morgan fingerprint density at radius 2 is 2.35 bits per heavy atom. The Bertz CT molecular complexity index is 512. The number of carbonyl (C=O) groups excluding carboxylic acids is 2. The van der Waals surface area contributed by atoms with Crippen molar-refractivity contribution >= 4 is 23.6 Å². The molecule has 1 aromatic heterocycles. The van der Waals surface area contributed by atoms with Gasteiger partial charge >= 0.3 is 0 Å². The number of imide groups is 1. The van der Waals surface area contributed by atoms with Crippen molar-refractivity contribution in [3.63, 3.8) is 0 Å². The molecule has 1 unspecified atom stereocenters. The molecule has 1 aliphatic heterocycles. The van der Waals surface area contributed by atoms with Crippen LogP contribution in [0.5, 0.6) is 5.75 Å². The molecule has 0 spiro atoms. The van der Waals surface area contributed by atoms with Gasteiger partial charge in [-0.3, -0.25) is 14.5 Å². The Balaban J connectivity index is 1.78. The van der Waals surface area contributed by atoms with E-state index in [-0.39, 0.29) is 35.8 Å². The molecular weight excluding hydrogens is 282 g/mol. The summed E-state index contributed by atoms with van der Waals surface area (Å²) in [4.78, 5) is 28.2. The molecule has 5 nitrogen and oxygen atoms in total. The third-order valence-electron chi connectivity index (χ3n) is 3.00. The maximum absolute atomic E-state index is 13.2. The number of nitrogens with zero attached hydrogens (tertiary/aromatic N) is 2. The van der Waals surface area contributed by atoms with Gasteiger partial charge in [0.1, 0.15) is 0 Å². The molecule has 0 aliphatic carbocycles. The van der Waals surface area contributed by atoms with E-state index in [4.69, 9.17) is 4.74 Å². The summed E-state index contributed by atoms with van der Waals surface area (Å²) < 4.78 is 18.4. The number of ether oxygens (including phenoxy) is 1. The van der Waals surface area contributed by atoms with Gasteiger partial charge in [-0.05, 0) is 24.8 Å². The topological polar surface area (TPSA) is 59.5 Å². The van der Waals surface area contributed by atoms with Gasteiger partial charge in [-0.1, -0.05) is 0 Å². The first-order chi connectivity index (χ1) is 9.63. The minimum Gasteiger partial charge on any atom is -0.489 e. The fourth-order valence-electron chi connectivity index (χ4n) is 1.96. The van der Waals surface area contributed by atoms with E-state index in [0.29, 0.717) is 13.0 Å². The van der Waals surface area contributed by atoms with Crippen LogP contribution >= 0.6 is 11.8 Å². The highest BCUT2D eigenvalue weighted by Crippen LogP contribution is 2.23. The van der Waals surface area contributed by atoms with Crippen LogP contribution in [0.3, 0.4) is 0 Å². The molecule has 1 atom stereocenters. The van der Waals surface area contributed by atoms with Crippen molar-refractivity contribution in [3.8, 4) is 5.75 Å². The molecule has 0 N–H and O–H groups in total. The van der Waals surface area contributed by atoms with Crippen molar-refractivity contribution < 1.29 is 18.7 Å². The molecule has 2 amide bonds. The zero-order chi connectivity index (χ0) is 14.5. The van der Waals surface area contributed by atoms with Gasteiger partial charge in [0.2, 0.25) is 11.8 Å². The number of carbonyl (C=O) groups is 2. The second-order valence-electron chi connectivity index (χ2n) is 4.31. The van der Waals surface area contributed by atoms with E-state index in [1.54, 1.807) is 6.07 Å². The van der Waals surface area contributed by atoms with Crippen molar-refractivity contribution in [3.05, 3.63) is 24.3 Å². The lowest BCUT2D eigenvalue weighted by molar-refractivity contribution is -0.138. The average molecular weight is 297 g/mol. The Labute approximate surface area is 120 Å². The quantitative estimate of drug-likeness (QED) is 0.452. The zero-order valence-corrected chi connectivity index (χ0v) is 11.9. The largest absolute Gasteiger partial charge is 0.489 e. The molecule has 0 aromatic carbocycles. The number of thioether (sulfide) groups is 1. The summed E-state index contributed by atoms with van der Waals surface area (Å²) in [5, 5.41) is -0.265. The van der Waals surface area contributed by atoms with E-state index in [2.05, 4.69) is 4.98 Å². The maximum atomic E-state index is 13.2. The highest BCUT2D eigenvalue weighted by atomic mass is 32.2. The van der Waals surface area contributed by atoms with Gasteiger partial charge in [0.15, 0.2) is 5.75 Å². The molecule has 2 rings (SSSR count). The van der Waals surface area contributed by atoms with Crippen LogP contribution in [0.4, 0.5) is 4.39 Å². The van der Waals surface area contributed by atoms with Gasteiger partial charge in [-0.2, -0.15) is 16.2 Å². The van der Waals surface area contributed by atoms with Crippen molar-refractivity contribution in [2.45, 2.75) is 18.1 Å². The minimum atomic E-state index is -0.664. The lowest BCUT2D eigenvalue weighted by atomic mass is 10.4. The van der Waals surface area contributed by atoms with Crippen molar-refractivity contribution in [1.29, 1.82) is 0 Å². The molecule has 20 heavy (non-hydrogen) atoms. The molecule has 7 heteroatoms. The van der Waals surface area contributed by atoms with Crippen LogP contribution in [-0.4, -0.2) is 46.4 Å². The van der Waals surface area contributed by atoms with Crippen LogP contribution in [0.25, 0.3) is 0 Å². The fraction of sp³-hybridized carbons (Fsp3) is 0.462. The number of halogens is 1. The van der Waals surface area contributed by atoms with Crippen LogP contribution in [0.1, 0.15) is 12.8 Å². The number of hydrogen-bond donors (Lipinski definition) is 0. The molecule has 1 aromatic rings. The van der Waals surface area contributed by atoms with E-state index in [0.717, 1.165) is 0 Å². The monoisotopic (exact) mass is 297 g/mol. The van der Waals surface area contributed by atoms with Gasteiger partial charge in [-0.15, -0.1) is 0 Å². The summed E-state index contributed by atoms with van der Waals surface area (Å²) >= 11 is 1.38. The van der Waals surface area contributed by atoms with E-state index < -0.39 is 5.95 Å². The van der Waals surface area contributed by atoms with Gasteiger partial charge in [0, 0.05) is 19.2 Å². The SMILES string of the molecule is CSC1CC(=O)N(CCCOc2cccnc2[18F])C1=O. The number of aromatic nitrogens is 1. The second kappa shape index (κ2) is 6.69.